The smallest absolute Gasteiger partial charge is 0.413 e. The molecule has 2 aromatic rings. The Labute approximate surface area is 196 Å². The minimum Gasteiger partial charge on any atom is -0.467 e. The molecule has 4 rings (SSSR count). The summed E-state index contributed by atoms with van der Waals surface area (Å²) in [4.78, 5) is 50.3. The van der Waals surface area contributed by atoms with E-state index >= 15 is 0 Å². The van der Waals surface area contributed by atoms with Gasteiger partial charge in [-0.15, -0.1) is 0 Å². The second-order valence-corrected chi connectivity index (χ2v) is 8.41. The third-order valence-corrected chi connectivity index (χ3v) is 6.36. The Bertz CT molecular complexity index is 1080. The quantitative estimate of drug-likeness (QED) is 0.393. The highest BCUT2D eigenvalue weighted by Gasteiger charge is 2.42. The predicted molar refractivity (Wildman–Crippen MR) is 120 cm³/mol. The molecule has 2 aromatic carbocycles. The average Bonchev–Trinajstić information content (AvgIpc) is 3.49. The summed E-state index contributed by atoms with van der Waals surface area (Å²) in [6.45, 7) is 0.397. The molecule has 2 aliphatic rings. The summed E-state index contributed by atoms with van der Waals surface area (Å²) in [5.74, 6) is -0.940. The van der Waals surface area contributed by atoms with Gasteiger partial charge < -0.3 is 19.7 Å². The zero-order valence-electron chi connectivity index (χ0n) is 18.6. The number of esters is 1. The number of hydrogen-bond donors (Lipinski definition) is 1. The van der Waals surface area contributed by atoms with Crippen molar-refractivity contribution in [3.63, 3.8) is 0 Å². The van der Waals surface area contributed by atoms with E-state index in [0.29, 0.717) is 32.2 Å². The number of amides is 2. The molecule has 0 saturated carbocycles. The molecule has 1 N–H and O–H groups in total. The normalized spacial score (nSPS) is 18.1. The zero-order valence-corrected chi connectivity index (χ0v) is 18.6. The summed E-state index contributed by atoms with van der Waals surface area (Å²) < 4.78 is 10.2. The second kappa shape index (κ2) is 9.90. The van der Waals surface area contributed by atoms with Crippen LogP contribution in [0.4, 0.5) is 10.5 Å². The third kappa shape index (κ3) is 4.85. The minimum absolute atomic E-state index is 0.109. The van der Waals surface area contributed by atoms with Gasteiger partial charge in [0.25, 0.3) is 5.69 Å². The van der Waals surface area contributed by atoms with E-state index in [4.69, 9.17) is 9.47 Å². The van der Waals surface area contributed by atoms with E-state index in [1.807, 2.05) is 24.3 Å². The van der Waals surface area contributed by atoms with Gasteiger partial charge in [0, 0.05) is 18.7 Å². The number of nitro groups is 1. The molecular weight excluding hydrogens is 442 g/mol. The zero-order chi connectivity index (χ0) is 24.2. The van der Waals surface area contributed by atoms with Crippen LogP contribution in [0.1, 0.15) is 24.0 Å². The van der Waals surface area contributed by atoms with Crippen molar-refractivity contribution in [2.75, 3.05) is 13.7 Å². The molecule has 1 fully saturated rings. The van der Waals surface area contributed by atoms with Crippen LogP contribution < -0.4 is 10.1 Å². The number of hydrogen-bond acceptors (Lipinski definition) is 7. The van der Waals surface area contributed by atoms with E-state index in [0.717, 1.165) is 11.1 Å². The van der Waals surface area contributed by atoms with Gasteiger partial charge in [-0.05, 0) is 54.9 Å². The van der Waals surface area contributed by atoms with Crippen molar-refractivity contribution in [3.8, 4) is 5.75 Å². The highest BCUT2D eigenvalue weighted by Crippen LogP contribution is 2.31. The van der Waals surface area contributed by atoms with Gasteiger partial charge in [-0.3, -0.25) is 14.9 Å². The van der Waals surface area contributed by atoms with Crippen molar-refractivity contribution in [1.82, 2.24) is 10.2 Å². The molecule has 0 spiro atoms. The van der Waals surface area contributed by atoms with Crippen LogP contribution in [-0.2, 0) is 27.2 Å². The molecule has 1 aliphatic carbocycles. The third-order valence-electron chi connectivity index (χ3n) is 6.36. The maximum Gasteiger partial charge on any atom is 0.413 e. The number of nitro benzene ring substituents is 1. The molecular formula is C24H25N3O7. The summed E-state index contributed by atoms with van der Waals surface area (Å²) >= 11 is 0. The fraction of sp³-hybridized carbons (Fsp3) is 0.375. The molecule has 2 atom stereocenters. The second-order valence-electron chi connectivity index (χ2n) is 8.41. The summed E-state index contributed by atoms with van der Waals surface area (Å²) in [5.41, 5.74) is 2.09. The maximum atomic E-state index is 13.6. The van der Waals surface area contributed by atoms with Crippen molar-refractivity contribution in [2.45, 2.75) is 37.8 Å². The number of carbonyl (C=O) groups excluding carboxylic acids is 3. The van der Waals surface area contributed by atoms with Gasteiger partial charge in [0.2, 0.25) is 5.91 Å². The van der Waals surface area contributed by atoms with Crippen LogP contribution >= 0.6 is 0 Å². The number of non-ortho nitro benzene ring substituents is 1. The topological polar surface area (TPSA) is 128 Å². The maximum absolute atomic E-state index is 13.6. The number of fused-ring (bicyclic) bond motifs is 1. The SMILES string of the molecule is COC(=O)[C@@H]1CCCN1C(=O)[C@@H](NC(=O)Oc1ccc([N+](=O)[O-])cc1)C1Cc2ccccc2C1. The van der Waals surface area contributed by atoms with Crippen LogP contribution in [0.25, 0.3) is 0 Å². The molecule has 1 heterocycles. The van der Waals surface area contributed by atoms with Crippen LogP contribution in [0.3, 0.4) is 0 Å². The van der Waals surface area contributed by atoms with Crippen molar-refractivity contribution in [2.24, 2.45) is 5.92 Å². The lowest BCUT2D eigenvalue weighted by Crippen LogP contribution is -2.55. The van der Waals surface area contributed by atoms with E-state index in [9.17, 15) is 24.5 Å². The number of methoxy groups -OCH3 is 1. The van der Waals surface area contributed by atoms with Gasteiger partial charge in [0.1, 0.15) is 17.8 Å². The van der Waals surface area contributed by atoms with E-state index in [-0.39, 0.29) is 23.3 Å². The fourth-order valence-electron chi connectivity index (χ4n) is 4.70. The molecule has 10 heteroatoms. The van der Waals surface area contributed by atoms with Crippen LogP contribution in [-0.4, -0.2) is 53.5 Å². The number of benzene rings is 2. The Morgan fingerprint density at radius 3 is 2.32 bits per heavy atom. The number of carbonyl (C=O) groups is 3. The molecule has 2 amide bonds. The van der Waals surface area contributed by atoms with Crippen LogP contribution in [0.5, 0.6) is 5.75 Å². The van der Waals surface area contributed by atoms with Gasteiger partial charge in [0.15, 0.2) is 0 Å². The summed E-state index contributed by atoms with van der Waals surface area (Å²) in [6, 6.07) is 11.3. The highest BCUT2D eigenvalue weighted by molar-refractivity contribution is 5.90. The first-order valence-corrected chi connectivity index (χ1v) is 11.0. The van der Waals surface area contributed by atoms with Crippen LogP contribution in [0.15, 0.2) is 48.5 Å². The van der Waals surface area contributed by atoms with Crippen molar-refractivity contribution < 1.29 is 28.8 Å². The van der Waals surface area contributed by atoms with Gasteiger partial charge in [0.05, 0.1) is 12.0 Å². The Kier molecular flexibility index (Phi) is 6.76. The molecule has 10 nitrogen and oxygen atoms in total. The standard InChI is InChI=1S/C24H25N3O7/c1-33-23(29)20-7-4-12-26(20)22(28)21(17-13-15-5-2-3-6-16(15)14-17)25-24(30)34-19-10-8-18(9-11-19)27(31)32/h2-3,5-6,8-11,17,20-21H,4,7,12-14H2,1H3,(H,25,30)/t20-,21-/m0/s1. The van der Waals surface area contributed by atoms with E-state index in [2.05, 4.69) is 5.32 Å². The van der Waals surface area contributed by atoms with Gasteiger partial charge in [-0.25, -0.2) is 9.59 Å². The van der Waals surface area contributed by atoms with Crippen molar-refractivity contribution >= 4 is 23.7 Å². The lowest BCUT2D eigenvalue weighted by Gasteiger charge is -2.30. The molecule has 34 heavy (non-hydrogen) atoms. The first-order valence-electron chi connectivity index (χ1n) is 11.0. The minimum atomic E-state index is -0.914. The number of nitrogens with zero attached hydrogens (tertiary/aromatic N) is 2. The molecule has 0 aromatic heterocycles. The number of likely N-dealkylation sites (tertiary alicyclic amines) is 1. The molecule has 1 saturated heterocycles. The number of rotatable bonds is 6. The Balaban J connectivity index is 1.53. The molecule has 1 aliphatic heterocycles. The monoisotopic (exact) mass is 467 g/mol. The van der Waals surface area contributed by atoms with Gasteiger partial charge in [-0.1, -0.05) is 24.3 Å². The van der Waals surface area contributed by atoms with Crippen LogP contribution in [0, 0.1) is 16.0 Å². The Hall–Kier alpha value is -3.95. The van der Waals surface area contributed by atoms with Crippen molar-refractivity contribution in [3.05, 3.63) is 69.8 Å². The van der Waals surface area contributed by atoms with Gasteiger partial charge in [-0.2, -0.15) is 0 Å². The van der Waals surface area contributed by atoms with Crippen molar-refractivity contribution in [1.29, 1.82) is 0 Å². The van der Waals surface area contributed by atoms with E-state index < -0.39 is 29.1 Å². The molecule has 0 radical (unpaired) electrons. The highest BCUT2D eigenvalue weighted by atomic mass is 16.6. The summed E-state index contributed by atoms with van der Waals surface area (Å²) in [5, 5.41) is 13.5. The largest absolute Gasteiger partial charge is 0.467 e. The van der Waals surface area contributed by atoms with Gasteiger partial charge >= 0.3 is 12.1 Å². The summed E-state index contributed by atoms with van der Waals surface area (Å²) in [6.07, 6.45) is 1.51. The summed E-state index contributed by atoms with van der Waals surface area (Å²) in [7, 11) is 1.29. The molecule has 0 unspecified atom stereocenters. The number of ether oxygens (including phenoxy) is 2. The Morgan fingerprint density at radius 1 is 1.09 bits per heavy atom. The molecule has 178 valence electrons. The lowest BCUT2D eigenvalue weighted by atomic mass is 9.95. The molecule has 0 bridgehead atoms. The Morgan fingerprint density at radius 2 is 1.74 bits per heavy atom. The van der Waals surface area contributed by atoms with Crippen LogP contribution in [0.2, 0.25) is 0 Å². The predicted octanol–water partition coefficient (Wildman–Crippen LogP) is 2.63. The first kappa shape index (κ1) is 23.2. The van der Waals surface area contributed by atoms with E-state index in [1.54, 1.807) is 0 Å². The number of nitrogens with one attached hydrogen (secondary N) is 1. The fourth-order valence-corrected chi connectivity index (χ4v) is 4.70. The van der Waals surface area contributed by atoms with E-state index in [1.165, 1.54) is 36.3 Å². The average molecular weight is 467 g/mol. The first-order chi connectivity index (χ1) is 16.4. The lowest BCUT2D eigenvalue weighted by molar-refractivity contribution is -0.384.